The lowest BCUT2D eigenvalue weighted by molar-refractivity contribution is 0.403. The molecule has 2 aromatic heterocycles. The van der Waals surface area contributed by atoms with Crippen LogP contribution in [0, 0.1) is 0 Å². The van der Waals surface area contributed by atoms with Gasteiger partial charge in [-0.2, -0.15) is 5.10 Å². The van der Waals surface area contributed by atoms with Crippen molar-refractivity contribution >= 4 is 33.6 Å². The SMILES string of the molecule is CN=C/C(=C\N)c1ccc2[nH]nc(-c3cc4cc(CN(C)C)ccc4[nH]3)c2c1. The summed E-state index contributed by atoms with van der Waals surface area (Å²) in [5.41, 5.74) is 12.9. The van der Waals surface area contributed by atoms with E-state index in [1.54, 1.807) is 19.5 Å². The van der Waals surface area contributed by atoms with E-state index in [0.717, 1.165) is 45.5 Å². The Labute approximate surface area is 163 Å². The molecule has 4 aromatic rings. The van der Waals surface area contributed by atoms with Gasteiger partial charge in [0, 0.05) is 47.9 Å². The first-order valence-corrected chi connectivity index (χ1v) is 9.18. The summed E-state index contributed by atoms with van der Waals surface area (Å²) in [6, 6.07) is 14.8. The highest BCUT2D eigenvalue weighted by molar-refractivity contribution is 6.11. The fourth-order valence-corrected chi connectivity index (χ4v) is 3.52. The van der Waals surface area contributed by atoms with E-state index >= 15 is 0 Å². The number of nitrogens with one attached hydrogen (secondary N) is 2. The molecule has 0 aliphatic carbocycles. The van der Waals surface area contributed by atoms with Gasteiger partial charge in [0.05, 0.1) is 11.2 Å². The molecule has 6 nitrogen and oxygen atoms in total. The Bertz CT molecular complexity index is 1190. The molecular formula is C22H24N6. The number of rotatable bonds is 5. The van der Waals surface area contributed by atoms with E-state index < -0.39 is 0 Å². The van der Waals surface area contributed by atoms with Crippen LogP contribution in [-0.4, -0.2) is 47.4 Å². The van der Waals surface area contributed by atoms with Crippen LogP contribution in [0.3, 0.4) is 0 Å². The number of hydrogen-bond acceptors (Lipinski definition) is 4. The summed E-state index contributed by atoms with van der Waals surface area (Å²) >= 11 is 0. The molecule has 0 aliphatic heterocycles. The Morgan fingerprint density at radius 2 is 1.96 bits per heavy atom. The van der Waals surface area contributed by atoms with E-state index in [-0.39, 0.29) is 0 Å². The number of allylic oxidation sites excluding steroid dienone is 1. The molecule has 0 saturated heterocycles. The average Bonchev–Trinajstić information content (AvgIpc) is 3.28. The third-order valence-electron chi connectivity index (χ3n) is 4.78. The minimum Gasteiger partial charge on any atom is -0.404 e. The van der Waals surface area contributed by atoms with Crippen LogP contribution < -0.4 is 5.73 Å². The lowest BCUT2D eigenvalue weighted by Crippen LogP contribution is -2.10. The predicted octanol–water partition coefficient (Wildman–Crippen LogP) is 3.77. The number of nitrogens with two attached hydrogens (primary N) is 1. The van der Waals surface area contributed by atoms with Crippen LogP contribution in [0.2, 0.25) is 0 Å². The number of benzene rings is 2. The molecule has 4 N–H and O–H groups in total. The summed E-state index contributed by atoms with van der Waals surface area (Å²) in [6.07, 6.45) is 3.33. The zero-order valence-corrected chi connectivity index (χ0v) is 16.3. The highest BCUT2D eigenvalue weighted by Gasteiger charge is 2.13. The average molecular weight is 372 g/mol. The first-order valence-electron chi connectivity index (χ1n) is 9.18. The van der Waals surface area contributed by atoms with Crippen molar-refractivity contribution < 1.29 is 0 Å². The van der Waals surface area contributed by atoms with Gasteiger partial charge in [-0.05, 0) is 55.6 Å². The normalized spacial score (nSPS) is 12.8. The van der Waals surface area contributed by atoms with E-state index in [0.29, 0.717) is 0 Å². The molecule has 0 amide bonds. The van der Waals surface area contributed by atoms with Crippen molar-refractivity contribution in [2.45, 2.75) is 6.54 Å². The molecule has 2 heterocycles. The molecule has 0 atom stereocenters. The summed E-state index contributed by atoms with van der Waals surface area (Å²) in [6.45, 7) is 0.915. The molecule has 142 valence electrons. The van der Waals surface area contributed by atoms with Crippen molar-refractivity contribution in [3.63, 3.8) is 0 Å². The Kier molecular flexibility index (Phi) is 4.71. The number of aromatic amines is 2. The van der Waals surface area contributed by atoms with Crippen LogP contribution >= 0.6 is 0 Å². The predicted molar refractivity (Wildman–Crippen MR) is 117 cm³/mol. The Balaban J connectivity index is 1.80. The third kappa shape index (κ3) is 3.30. The quantitative estimate of drug-likeness (QED) is 0.466. The maximum atomic E-state index is 5.77. The molecule has 0 unspecified atom stereocenters. The largest absolute Gasteiger partial charge is 0.404 e. The topological polar surface area (TPSA) is 86.1 Å². The van der Waals surface area contributed by atoms with Gasteiger partial charge in [-0.3, -0.25) is 10.1 Å². The second-order valence-corrected chi connectivity index (χ2v) is 7.18. The van der Waals surface area contributed by atoms with Gasteiger partial charge in [0.25, 0.3) is 0 Å². The second-order valence-electron chi connectivity index (χ2n) is 7.18. The molecule has 2 aromatic carbocycles. The number of aliphatic imine (C=N–C) groups is 1. The van der Waals surface area contributed by atoms with Crippen molar-refractivity contribution in [2.75, 3.05) is 21.1 Å². The molecular weight excluding hydrogens is 348 g/mol. The first-order chi connectivity index (χ1) is 13.6. The molecule has 0 spiro atoms. The zero-order chi connectivity index (χ0) is 19.7. The van der Waals surface area contributed by atoms with E-state index in [9.17, 15) is 0 Å². The molecule has 0 saturated carbocycles. The summed E-state index contributed by atoms with van der Waals surface area (Å²) in [4.78, 5) is 9.75. The highest BCUT2D eigenvalue weighted by Crippen LogP contribution is 2.30. The van der Waals surface area contributed by atoms with E-state index in [2.05, 4.69) is 69.5 Å². The Hall–Kier alpha value is -3.38. The number of hydrogen-bond donors (Lipinski definition) is 3. The Morgan fingerprint density at radius 3 is 2.71 bits per heavy atom. The van der Waals surface area contributed by atoms with Crippen LogP contribution in [-0.2, 0) is 6.54 Å². The third-order valence-corrected chi connectivity index (χ3v) is 4.78. The lowest BCUT2D eigenvalue weighted by Gasteiger charge is -2.09. The number of H-pyrrole nitrogens is 2. The maximum Gasteiger partial charge on any atom is 0.116 e. The van der Waals surface area contributed by atoms with E-state index in [1.165, 1.54) is 10.9 Å². The number of nitrogens with zero attached hydrogens (tertiary/aromatic N) is 3. The van der Waals surface area contributed by atoms with E-state index in [1.807, 2.05) is 12.1 Å². The van der Waals surface area contributed by atoms with Crippen molar-refractivity contribution in [1.29, 1.82) is 0 Å². The van der Waals surface area contributed by atoms with Gasteiger partial charge >= 0.3 is 0 Å². The smallest absolute Gasteiger partial charge is 0.116 e. The minimum absolute atomic E-state index is 0.876. The van der Waals surface area contributed by atoms with Crippen molar-refractivity contribution in [3.8, 4) is 11.4 Å². The molecule has 6 heteroatoms. The minimum atomic E-state index is 0.876. The van der Waals surface area contributed by atoms with Gasteiger partial charge in [0.15, 0.2) is 0 Å². The van der Waals surface area contributed by atoms with Crippen LogP contribution in [0.4, 0.5) is 0 Å². The fraction of sp³-hybridized carbons (Fsp3) is 0.182. The number of fused-ring (bicyclic) bond motifs is 2. The summed E-state index contributed by atoms with van der Waals surface area (Å²) in [5.74, 6) is 0. The molecule has 0 fully saturated rings. The molecule has 4 rings (SSSR count). The second kappa shape index (κ2) is 7.32. The summed E-state index contributed by atoms with van der Waals surface area (Å²) in [5, 5.41) is 9.90. The lowest BCUT2D eigenvalue weighted by atomic mass is 10.0. The van der Waals surface area contributed by atoms with Crippen LogP contribution in [0.1, 0.15) is 11.1 Å². The highest BCUT2D eigenvalue weighted by atomic mass is 15.1. The van der Waals surface area contributed by atoms with Gasteiger partial charge in [0.2, 0.25) is 0 Å². The summed E-state index contributed by atoms with van der Waals surface area (Å²) < 4.78 is 0. The van der Waals surface area contributed by atoms with Gasteiger partial charge in [-0.15, -0.1) is 0 Å². The Morgan fingerprint density at radius 1 is 1.14 bits per heavy atom. The zero-order valence-electron chi connectivity index (χ0n) is 16.3. The van der Waals surface area contributed by atoms with Crippen molar-refractivity contribution in [1.82, 2.24) is 20.1 Å². The maximum absolute atomic E-state index is 5.77. The van der Waals surface area contributed by atoms with Gasteiger partial charge < -0.3 is 15.6 Å². The van der Waals surface area contributed by atoms with Gasteiger partial charge in [-0.1, -0.05) is 12.1 Å². The van der Waals surface area contributed by atoms with Gasteiger partial charge in [0.1, 0.15) is 5.69 Å². The van der Waals surface area contributed by atoms with Gasteiger partial charge in [-0.25, -0.2) is 0 Å². The molecule has 0 bridgehead atoms. The molecule has 0 radical (unpaired) electrons. The first kappa shape index (κ1) is 18.0. The standard InChI is InChI=1S/C22H24N6/c1-24-12-17(11-23)15-5-7-20-18(9-15)22(27-26-20)21-10-16-8-14(13-28(2)3)4-6-19(16)25-21/h4-12,25H,13,23H2,1-3H3,(H,26,27)/b17-11+,24-12?. The molecule has 0 aliphatic rings. The number of aromatic nitrogens is 3. The van der Waals surface area contributed by atoms with Crippen LogP contribution in [0.15, 0.2) is 53.7 Å². The van der Waals surface area contributed by atoms with Crippen molar-refractivity contribution in [2.24, 2.45) is 10.7 Å². The fourth-order valence-electron chi connectivity index (χ4n) is 3.52. The molecule has 28 heavy (non-hydrogen) atoms. The monoisotopic (exact) mass is 372 g/mol. The van der Waals surface area contributed by atoms with Crippen LogP contribution in [0.25, 0.3) is 38.8 Å². The van der Waals surface area contributed by atoms with E-state index in [4.69, 9.17) is 5.73 Å². The van der Waals surface area contributed by atoms with Crippen LogP contribution in [0.5, 0.6) is 0 Å². The summed E-state index contributed by atoms with van der Waals surface area (Å²) in [7, 11) is 5.89. The van der Waals surface area contributed by atoms with Crippen molar-refractivity contribution in [3.05, 3.63) is 59.8 Å².